The molecule has 23 heavy (non-hydrogen) atoms. The van der Waals surface area contributed by atoms with E-state index in [1.807, 2.05) is 0 Å². The minimum atomic E-state index is -1.02. The highest BCUT2D eigenvalue weighted by atomic mass is 19.1. The molecule has 8 nitrogen and oxygen atoms in total. The van der Waals surface area contributed by atoms with Gasteiger partial charge in [-0.05, 0) is 17.7 Å². The van der Waals surface area contributed by atoms with E-state index < -0.39 is 27.9 Å². The number of halogens is 1. The average molecular weight is 318 g/mol. The quantitative estimate of drug-likeness (QED) is 0.631. The summed E-state index contributed by atoms with van der Waals surface area (Å²) in [5.74, 6) is -1.42. The van der Waals surface area contributed by atoms with E-state index >= 15 is 0 Å². The van der Waals surface area contributed by atoms with Crippen LogP contribution in [0.3, 0.4) is 0 Å². The number of hydrogen-bond acceptors (Lipinski definition) is 5. The lowest BCUT2D eigenvalue weighted by Crippen LogP contribution is -2.39. The molecule has 9 heteroatoms. The third kappa shape index (κ3) is 2.31. The first-order chi connectivity index (χ1) is 10.9. The van der Waals surface area contributed by atoms with Crippen molar-refractivity contribution in [1.29, 1.82) is 0 Å². The van der Waals surface area contributed by atoms with Crippen LogP contribution < -0.4 is 16.6 Å². The fourth-order valence-electron chi connectivity index (χ4n) is 2.55. The Labute approximate surface area is 128 Å². The predicted octanol–water partition coefficient (Wildman–Crippen LogP) is 0.888. The minimum Gasteiger partial charge on any atom is -0.342 e. The Bertz CT molecular complexity index is 943. The van der Waals surface area contributed by atoms with Crippen LogP contribution in [0.1, 0.15) is 17.0 Å². The fraction of sp³-hybridized carbons (Fsp3) is 0.143. The molecular formula is C14H11FN4O4. The molecule has 0 spiro atoms. The number of nitrogens with zero attached hydrogens (tertiary/aromatic N) is 2. The van der Waals surface area contributed by atoms with E-state index in [-0.39, 0.29) is 17.1 Å². The van der Waals surface area contributed by atoms with Gasteiger partial charge >= 0.3 is 5.69 Å². The Kier molecular flexibility index (Phi) is 3.32. The summed E-state index contributed by atoms with van der Waals surface area (Å²) in [6, 6.07) is 5.06. The lowest BCUT2D eigenvalue weighted by atomic mass is 9.88. The molecule has 2 N–H and O–H groups in total. The number of nitrogens with one attached hydrogen (secondary N) is 2. The minimum absolute atomic E-state index is 0.0351. The molecule has 0 saturated carbocycles. The molecule has 2 heterocycles. The van der Waals surface area contributed by atoms with E-state index in [1.54, 1.807) is 0 Å². The van der Waals surface area contributed by atoms with Gasteiger partial charge in [-0.2, -0.15) is 0 Å². The maximum atomic E-state index is 13.1. The zero-order valence-corrected chi connectivity index (χ0v) is 11.9. The summed E-state index contributed by atoms with van der Waals surface area (Å²) in [4.78, 5) is 37.3. The van der Waals surface area contributed by atoms with Gasteiger partial charge in [-0.15, -0.1) is 0 Å². The maximum absolute atomic E-state index is 13.1. The molecular weight excluding hydrogens is 307 g/mol. The lowest BCUT2D eigenvalue weighted by Gasteiger charge is -2.22. The number of aromatic nitrogens is 2. The molecule has 0 amide bonds. The molecule has 0 aliphatic carbocycles. The first kappa shape index (κ1) is 14.7. The van der Waals surface area contributed by atoms with Crippen molar-refractivity contribution in [3.8, 4) is 0 Å². The maximum Gasteiger partial charge on any atom is 0.329 e. The average Bonchev–Trinajstić information content (AvgIpc) is 2.52. The van der Waals surface area contributed by atoms with Crippen molar-refractivity contribution in [1.82, 2.24) is 9.55 Å². The summed E-state index contributed by atoms with van der Waals surface area (Å²) in [6.45, 7) is 0. The van der Waals surface area contributed by atoms with Gasteiger partial charge in [-0.3, -0.25) is 24.5 Å². The van der Waals surface area contributed by atoms with Crippen LogP contribution >= 0.6 is 0 Å². The van der Waals surface area contributed by atoms with Gasteiger partial charge in [0.1, 0.15) is 17.6 Å². The highest BCUT2D eigenvalue weighted by molar-refractivity contribution is 5.57. The monoisotopic (exact) mass is 318 g/mol. The van der Waals surface area contributed by atoms with E-state index in [0.717, 1.165) is 22.9 Å². The van der Waals surface area contributed by atoms with Crippen LogP contribution in [0.4, 0.5) is 10.2 Å². The van der Waals surface area contributed by atoms with E-state index in [1.165, 1.54) is 19.2 Å². The highest BCUT2D eigenvalue weighted by Gasteiger charge is 2.36. The van der Waals surface area contributed by atoms with Crippen molar-refractivity contribution in [3.63, 3.8) is 0 Å². The van der Waals surface area contributed by atoms with Crippen LogP contribution in [0, 0.1) is 15.9 Å². The molecule has 0 fully saturated rings. The molecule has 0 radical (unpaired) electrons. The van der Waals surface area contributed by atoms with Crippen molar-refractivity contribution < 1.29 is 9.31 Å². The molecule has 1 aliphatic heterocycles. The second-order valence-corrected chi connectivity index (χ2v) is 5.04. The van der Waals surface area contributed by atoms with Crippen LogP contribution in [0.25, 0.3) is 0 Å². The van der Waals surface area contributed by atoms with Gasteiger partial charge in [-0.25, -0.2) is 9.18 Å². The molecule has 1 unspecified atom stereocenters. The topological polar surface area (TPSA) is 110 Å². The van der Waals surface area contributed by atoms with Crippen molar-refractivity contribution in [2.75, 3.05) is 5.32 Å². The van der Waals surface area contributed by atoms with Crippen molar-refractivity contribution >= 4 is 5.82 Å². The summed E-state index contributed by atoms with van der Waals surface area (Å²) < 4.78 is 14.0. The summed E-state index contributed by atoms with van der Waals surface area (Å²) in [5.41, 5.74) is -1.16. The summed E-state index contributed by atoms with van der Waals surface area (Å²) in [5, 5.41) is 13.9. The van der Waals surface area contributed by atoms with Gasteiger partial charge in [0.25, 0.3) is 11.3 Å². The molecule has 3 rings (SSSR count). The van der Waals surface area contributed by atoms with Gasteiger partial charge in [0.2, 0.25) is 0 Å². The Morgan fingerprint density at radius 1 is 1.26 bits per heavy atom. The number of aromatic amines is 1. The number of allylic oxidation sites excluding steroid dienone is 1. The summed E-state index contributed by atoms with van der Waals surface area (Å²) >= 11 is 0. The van der Waals surface area contributed by atoms with Crippen LogP contribution in [0.15, 0.2) is 45.8 Å². The normalized spacial score (nSPS) is 16.3. The van der Waals surface area contributed by atoms with E-state index in [9.17, 15) is 24.1 Å². The first-order valence-electron chi connectivity index (χ1n) is 6.60. The number of rotatable bonds is 2. The van der Waals surface area contributed by atoms with Crippen LogP contribution in [-0.4, -0.2) is 14.5 Å². The number of benzene rings is 1. The zero-order valence-electron chi connectivity index (χ0n) is 11.9. The smallest absolute Gasteiger partial charge is 0.329 e. The third-order valence-corrected chi connectivity index (χ3v) is 3.70. The Morgan fingerprint density at radius 3 is 2.52 bits per heavy atom. The Morgan fingerprint density at radius 2 is 1.91 bits per heavy atom. The Hall–Kier alpha value is -3.23. The SMILES string of the molecule is Cn1c(=O)[nH]c2c(c1=O)C(c1ccc(F)cc1)C([N+](=O)[O-])=CN2. The number of H-pyrrole nitrogens is 1. The largest absolute Gasteiger partial charge is 0.342 e. The third-order valence-electron chi connectivity index (χ3n) is 3.70. The number of anilines is 1. The first-order valence-corrected chi connectivity index (χ1v) is 6.60. The zero-order chi connectivity index (χ0) is 16.7. The molecule has 0 saturated heterocycles. The van der Waals surface area contributed by atoms with E-state index in [2.05, 4.69) is 10.3 Å². The van der Waals surface area contributed by atoms with Gasteiger partial charge in [0.05, 0.1) is 16.7 Å². The lowest BCUT2D eigenvalue weighted by molar-refractivity contribution is -0.429. The molecule has 1 aliphatic rings. The molecule has 2 aromatic rings. The van der Waals surface area contributed by atoms with Crippen LogP contribution in [0.5, 0.6) is 0 Å². The van der Waals surface area contributed by atoms with Gasteiger partial charge in [-0.1, -0.05) is 12.1 Å². The summed E-state index contributed by atoms with van der Waals surface area (Å²) in [6.07, 6.45) is 1.12. The summed E-state index contributed by atoms with van der Waals surface area (Å²) in [7, 11) is 1.27. The van der Waals surface area contributed by atoms with Gasteiger partial charge in [0.15, 0.2) is 0 Å². The van der Waals surface area contributed by atoms with E-state index in [0.29, 0.717) is 5.56 Å². The highest BCUT2D eigenvalue weighted by Crippen LogP contribution is 2.36. The molecule has 0 bridgehead atoms. The standard InChI is InChI=1S/C14H11FN4O4/c1-18-13(20)11-10(7-2-4-8(15)5-3-7)9(19(22)23)6-16-12(11)17-14(18)21/h2-6,10,16H,1H3,(H,17,21). The fourth-order valence-corrected chi connectivity index (χ4v) is 2.55. The number of hydrogen-bond donors (Lipinski definition) is 2. The van der Waals surface area contributed by atoms with Crippen molar-refractivity contribution in [3.05, 3.63) is 84.1 Å². The Balaban J connectivity index is 2.31. The van der Waals surface area contributed by atoms with Crippen LogP contribution in [-0.2, 0) is 7.05 Å². The van der Waals surface area contributed by atoms with Crippen molar-refractivity contribution in [2.24, 2.45) is 7.05 Å². The van der Waals surface area contributed by atoms with Gasteiger partial charge in [0, 0.05) is 7.05 Å². The second kappa shape index (κ2) is 5.20. The number of nitro groups is 1. The predicted molar refractivity (Wildman–Crippen MR) is 79.2 cm³/mol. The second-order valence-electron chi connectivity index (χ2n) is 5.04. The van der Waals surface area contributed by atoms with Crippen molar-refractivity contribution in [2.45, 2.75) is 5.92 Å². The number of fused-ring (bicyclic) bond motifs is 1. The molecule has 1 aromatic heterocycles. The molecule has 1 aromatic carbocycles. The van der Waals surface area contributed by atoms with E-state index in [4.69, 9.17) is 0 Å². The molecule has 1 atom stereocenters. The van der Waals surface area contributed by atoms with Gasteiger partial charge < -0.3 is 5.32 Å². The molecule has 118 valence electrons. The van der Waals surface area contributed by atoms with Crippen LogP contribution in [0.2, 0.25) is 0 Å².